The maximum Gasteiger partial charge on any atom is 0.256 e. The van der Waals surface area contributed by atoms with E-state index in [1.807, 2.05) is 0 Å². The molecule has 1 saturated carbocycles. The van der Waals surface area contributed by atoms with Crippen molar-refractivity contribution >= 4 is 5.91 Å². The Morgan fingerprint density at radius 1 is 1.14 bits per heavy atom. The maximum absolute atomic E-state index is 13.7. The molecule has 1 saturated heterocycles. The molecular formula is C16H21FN2O2. The summed E-state index contributed by atoms with van der Waals surface area (Å²) < 4.78 is 13.7. The highest BCUT2D eigenvalue weighted by molar-refractivity contribution is 5.94. The summed E-state index contributed by atoms with van der Waals surface area (Å²) in [5.74, 6) is -0.698. The second-order valence-corrected chi connectivity index (χ2v) is 5.87. The third kappa shape index (κ3) is 2.94. The molecule has 4 nitrogen and oxygen atoms in total. The van der Waals surface area contributed by atoms with Gasteiger partial charge in [-0.3, -0.25) is 9.69 Å². The summed E-state index contributed by atoms with van der Waals surface area (Å²) in [5.41, 5.74) is 0.145. The minimum absolute atomic E-state index is 0.145. The van der Waals surface area contributed by atoms with Crippen LogP contribution in [-0.4, -0.2) is 59.1 Å². The van der Waals surface area contributed by atoms with Gasteiger partial charge in [0.2, 0.25) is 0 Å². The molecule has 0 bridgehead atoms. The van der Waals surface area contributed by atoms with Crippen LogP contribution in [0.4, 0.5) is 4.39 Å². The zero-order chi connectivity index (χ0) is 14.8. The molecule has 0 aromatic heterocycles. The van der Waals surface area contributed by atoms with Crippen LogP contribution >= 0.6 is 0 Å². The molecule has 2 atom stereocenters. The van der Waals surface area contributed by atoms with Crippen LogP contribution in [0.2, 0.25) is 0 Å². The van der Waals surface area contributed by atoms with Crippen molar-refractivity contribution in [3.63, 3.8) is 0 Å². The zero-order valence-corrected chi connectivity index (χ0v) is 12.0. The number of carbonyl (C=O) groups is 1. The lowest BCUT2D eigenvalue weighted by atomic mass is 10.1. The van der Waals surface area contributed by atoms with Crippen molar-refractivity contribution in [1.82, 2.24) is 9.80 Å². The molecule has 1 N–H and O–H groups in total. The first-order chi connectivity index (χ1) is 10.2. The van der Waals surface area contributed by atoms with E-state index in [4.69, 9.17) is 0 Å². The van der Waals surface area contributed by atoms with E-state index in [1.165, 1.54) is 12.1 Å². The van der Waals surface area contributed by atoms with Crippen molar-refractivity contribution in [2.75, 3.05) is 26.2 Å². The molecule has 0 unspecified atom stereocenters. The minimum atomic E-state index is -0.462. The first-order valence-corrected chi connectivity index (χ1v) is 7.63. The van der Waals surface area contributed by atoms with Gasteiger partial charge in [-0.15, -0.1) is 0 Å². The Hall–Kier alpha value is -1.46. The van der Waals surface area contributed by atoms with Gasteiger partial charge in [0.15, 0.2) is 0 Å². The van der Waals surface area contributed by atoms with Crippen molar-refractivity contribution in [2.45, 2.75) is 31.4 Å². The Labute approximate surface area is 124 Å². The fourth-order valence-corrected chi connectivity index (χ4v) is 3.41. The second-order valence-electron chi connectivity index (χ2n) is 5.87. The predicted octanol–water partition coefficient (Wildman–Crippen LogP) is 1.50. The highest BCUT2D eigenvalue weighted by atomic mass is 19.1. The number of aliphatic hydroxyl groups is 1. The monoisotopic (exact) mass is 292 g/mol. The Morgan fingerprint density at radius 3 is 2.48 bits per heavy atom. The molecule has 1 aliphatic heterocycles. The number of aliphatic hydroxyl groups excluding tert-OH is 1. The number of piperazine rings is 1. The van der Waals surface area contributed by atoms with Crippen molar-refractivity contribution in [3.8, 4) is 0 Å². The fourth-order valence-electron chi connectivity index (χ4n) is 3.41. The van der Waals surface area contributed by atoms with Crippen LogP contribution in [0.25, 0.3) is 0 Å². The average Bonchev–Trinajstić information content (AvgIpc) is 2.93. The molecule has 5 heteroatoms. The van der Waals surface area contributed by atoms with Gasteiger partial charge in [0.05, 0.1) is 11.7 Å². The van der Waals surface area contributed by atoms with Crippen molar-refractivity contribution in [3.05, 3.63) is 35.6 Å². The molecule has 0 spiro atoms. The lowest BCUT2D eigenvalue weighted by molar-refractivity contribution is 0.0313. The molecule has 1 aliphatic carbocycles. The van der Waals surface area contributed by atoms with Gasteiger partial charge in [0.1, 0.15) is 5.82 Å². The Bertz CT molecular complexity index is 515. The number of rotatable bonds is 2. The SMILES string of the molecule is O=C(c1ccccc1F)N1CCN([C@@H]2CCC[C@H]2O)CC1. The number of hydrogen-bond acceptors (Lipinski definition) is 3. The van der Waals surface area contributed by atoms with Gasteiger partial charge >= 0.3 is 0 Å². The lowest BCUT2D eigenvalue weighted by Gasteiger charge is -2.39. The Balaban J connectivity index is 1.61. The summed E-state index contributed by atoms with van der Waals surface area (Å²) >= 11 is 0. The number of carbonyl (C=O) groups excluding carboxylic acids is 1. The van der Waals surface area contributed by atoms with Gasteiger partial charge in [-0.25, -0.2) is 4.39 Å². The van der Waals surface area contributed by atoms with Gasteiger partial charge in [-0.05, 0) is 31.4 Å². The standard InChI is InChI=1S/C16H21FN2O2/c17-13-5-2-1-4-12(13)16(21)19-10-8-18(9-11-19)14-6-3-7-15(14)20/h1-2,4-5,14-15,20H,3,6-11H2/t14-,15-/m1/s1. The van der Waals surface area contributed by atoms with Gasteiger partial charge in [-0.2, -0.15) is 0 Å². The summed E-state index contributed by atoms with van der Waals surface area (Å²) in [6.45, 7) is 2.69. The van der Waals surface area contributed by atoms with E-state index in [1.54, 1.807) is 17.0 Å². The van der Waals surface area contributed by atoms with E-state index in [2.05, 4.69) is 4.90 Å². The van der Waals surface area contributed by atoms with E-state index in [9.17, 15) is 14.3 Å². The molecular weight excluding hydrogens is 271 g/mol. The number of nitrogens with zero attached hydrogens (tertiary/aromatic N) is 2. The zero-order valence-electron chi connectivity index (χ0n) is 12.0. The number of hydrogen-bond donors (Lipinski definition) is 1. The van der Waals surface area contributed by atoms with Crippen LogP contribution in [0.1, 0.15) is 29.6 Å². The average molecular weight is 292 g/mol. The van der Waals surface area contributed by atoms with Crippen molar-refractivity contribution in [1.29, 1.82) is 0 Å². The van der Waals surface area contributed by atoms with Crippen molar-refractivity contribution in [2.24, 2.45) is 0 Å². The topological polar surface area (TPSA) is 43.8 Å². The largest absolute Gasteiger partial charge is 0.391 e. The third-order valence-corrected chi connectivity index (χ3v) is 4.62. The molecule has 1 aromatic carbocycles. The van der Waals surface area contributed by atoms with E-state index < -0.39 is 5.82 Å². The predicted molar refractivity (Wildman–Crippen MR) is 77.5 cm³/mol. The molecule has 0 radical (unpaired) electrons. The quantitative estimate of drug-likeness (QED) is 0.898. The summed E-state index contributed by atoms with van der Waals surface area (Å²) in [4.78, 5) is 16.3. The van der Waals surface area contributed by atoms with Gasteiger partial charge < -0.3 is 10.0 Å². The third-order valence-electron chi connectivity index (χ3n) is 4.62. The molecule has 3 rings (SSSR count). The summed E-state index contributed by atoms with van der Waals surface area (Å²) in [6.07, 6.45) is 2.74. The molecule has 2 aliphatic rings. The fraction of sp³-hybridized carbons (Fsp3) is 0.562. The molecule has 114 valence electrons. The van der Waals surface area contributed by atoms with E-state index in [0.29, 0.717) is 13.1 Å². The minimum Gasteiger partial charge on any atom is -0.391 e. The van der Waals surface area contributed by atoms with Crippen molar-refractivity contribution < 1.29 is 14.3 Å². The van der Waals surface area contributed by atoms with Crippen LogP contribution in [0.5, 0.6) is 0 Å². The van der Waals surface area contributed by atoms with Crippen LogP contribution in [-0.2, 0) is 0 Å². The molecule has 21 heavy (non-hydrogen) atoms. The van der Waals surface area contributed by atoms with Crippen LogP contribution in [0, 0.1) is 5.82 Å². The Morgan fingerprint density at radius 2 is 1.86 bits per heavy atom. The van der Waals surface area contributed by atoms with E-state index in [0.717, 1.165) is 32.4 Å². The van der Waals surface area contributed by atoms with Gasteiger partial charge in [0.25, 0.3) is 5.91 Å². The summed E-state index contributed by atoms with van der Waals surface area (Å²) in [5, 5.41) is 9.96. The van der Waals surface area contributed by atoms with Gasteiger partial charge in [0, 0.05) is 32.2 Å². The number of benzene rings is 1. The first kappa shape index (κ1) is 14.5. The van der Waals surface area contributed by atoms with E-state index in [-0.39, 0.29) is 23.6 Å². The smallest absolute Gasteiger partial charge is 0.256 e. The lowest BCUT2D eigenvalue weighted by Crippen LogP contribution is -2.53. The highest BCUT2D eigenvalue weighted by Gasteiger charge is 2.33. The summed E-state index contributed by atoms with van der Waals surface area (Å²) in [6, 6.07) is 6.35. The van der Waals surface area contributed by atoms with Crippen LogP contribution < -0.4 is 0 Å². The molecule has 1 aromatic rings. The first-order valence-electron chi connectivity index (χ1n) is 7.63. The second kappa shape index (κ2) is 6.12. The molecule has 2 fully saturated rings. The molecule has 1 heterocycles. The number of halogens is 1. The van der Waals surface area contributed by atoms with Crippen LogP contribution in [0.15, 0.2) is 24.3 Å². The van der Waals surface area contributed by atoms with Crippen LogP contribution in [0.3, 0.4) is 0 Å². The maximum atomic E-state index is 13.7. The normalized spacial score (nSPS) is 27.0. The highest BCUT2D eigenvalue weighted by Crippen LogP contribution is 2.25. The van der Waals surface area contributed by atoms with E-state index >= 15 is 0 Å². The summed E-state index contributed by atoms with van der Waals surface area (Å²) in [7, 11) is 0. The number of amides is 1. The Kier molecular flexibility index (Phi) is 4.22. The van der Waals surface area contributed by atoms with Gasteiger partial charge in [-0.1, -0.05) is 12.1 Å². The molecule has 1 amide bonds.